The largest absolute Gasteiger partial charge is 0.466 e. The van der Waals surface area contributed by atoms with Crippen LogP contribution in [0.1, 0.15) is 18.9 Å². The number of esters is 1. The predicted octanol–water partition coefficient (Wildman–Crippen LogP) is 2.40. The van der Waals surface area contributed by atoms with Gasteiger partial charge in [0.25, 0.3) is 0 Å². The molecular weight excluding hydrogens is 216 g/mol. The fourth-order valence-corrected chi connectivity index (χ4v) is 1.87. The summed E-state index contributed by atoms with van der Waals surface area (Å²) in [5, 5.41) is 0. The number of carbonyl (C=O) groups is 1. The van der Waals surface area contributed by atoms with Crippen molar-refractivity contribution in [1.29, 1.82) is 0 Å². The second-order valence-corrected chi connectivity index (χ2v) is 4.36. The molecule has 0 unspecified atom stereocenters. The minimum Gasteiger partial charge on any atom is -0.466 e. The number of hydrogen-bond donors (Lipinski definition) is 0. The van der Waals surface area contributed by atoms with Crippen molar-refractivity contribution in [2.24, 2.45) is 11.8 Å². The zero-order chi connectivity index (χ0) is 12.1. The van der Waals surface area contributed by atoms with Crippen molar-refractivity contribution in [2.75, 3.05) is 13.2 Å². The van der Waals surface area contributed by atoms with Crippen LogP contribution in [-0.2, 0) is 20.9 Å². The molecule has 0 bridgehead atoms. The minimum absolute atomic E-state index is 0.0687. The molecule has 2 rings (SSSR count). The molecule has 1 saturated carbocycles. The second kappa shape index (κ2) is 5.82. The average Bonchev–Trinajstić information content (AvgIpc) is 3.10. The monoisotopic (exact) mass is 234 g/mol. The van der Waals surface area contributed by atoms with Crippen LogP contribution < -0.4 is 0 Å². The van der Waals surface area contributed by atoms with Crippen LogP contribution in [0.25, 0.3) is 0 Å². The Morgan fingerprint density at radius 1 is 1.35 bits per heavy atom. The van der Waals surface area contributed by atoms with Crippen molar-refractivity contribution < 1.29 is 14.3 Å². The van der Waals surface area contributed by atoms with Crippen LogP contribution in [0.2, 0.25) is 0 Å². The lowest BCUT2D eigenvalue weighted by molar-refractivity contribution is -0.145. The molecular formula is C14H18O3. The molecule has 0 heterocycles. The van der Waals surface area contributed by atoms with Gasteiger partial charge in [-0.3, -0.25) is 4.79 Å². The first kappa shape index (κ1) is 12.1. The van der Waals surface area contributed by atoms with Crippen molar-refractivity contribution >= 4 is 5.97 Å². The van der Waals surface area contributed by atoms with Gasteiger partial charge >= 0.3 is 5.97 Å². The molecule has 2 atom stereocenters. The molecule has 1 aliphatic rings. The predicted molar refractivity (Wildman–Crippen MR) is 64.3 cm³/mol. The third kappa shape index (κ3) is 3.56. The molecule has 0 saturated heterocycles. The van der Waals surface area contributed by atoms with Crippen LogP contribution in [0.4, 0.5) is 0 Å². The van der Waals surface area contributed by atoms with Crippen LogP contribution in [0.5, 0.6) is 0 Å². The number of rotatable bonds is 6. The molecule has 92 valence electrons. The molecule has 0 aliphatic heterocycles. The maximum Gasteiger partial charge on any atom is 0.309 e. The highest BCUT2D eigenvalue weighted by Crippen LogP contribution is 2.39. The van der Waals surface area contributed by atoms with Gasteiger partial charge in [0.2, 0.25) is 0 Å². The summed E-state index contributed by atoms with van der Waals surface area (Å²) in [4.78, 5) is 11.4. The van der Waals surface area contributed by atoms with Crippen molar-refractivity contribution in [3.8, 4) is 0 Å². The number of hydrogen-bond acceptors (Lipinski definition) is 3. The van der Waals surface area contributed by atoms with Gasteiger partial charge < -0.3 is 9.47 Å². The summed E-state index contributed by atoms with van der Waals surface area (Å²) in [6.45, 7) is 3.57. The SMILES string of the molecule is CCOC(=O)[C@H]1C[C@H]1COCc1ccccc1. The summed E-state index contributed by atoms with van der Waals surface area (Å²) in [5.41, 5.74) is 1.17. The Morgan fingerprint density at radius 3 is 2.82 bits per heavy atom. The molecule has 3 heteroatoms. The lowest BCUT2D eigenvalue weighted by Crippen LogP contribution is -2.09. The smallest absolute Gasteiger partial charge is 0.309 e. The van der Waals surface area contributed by atoms with E-state index in [-0.39, 0.29) is 11.9 Å². The fourth-order valence-electron chi connectivity index (χ4n) is 1.87. The second-order valence-electron chi connectivity index (χ2n) is 4.36. The molecule has 0 radical (unpaired) electrons. The van der Waals surface area contributed by atoms with E-state index < -0.39 is 0 Å². The van der Waals surface area contributed by atoms with Gasteiger partial charge in [-0.2, -0.15) is 0 Å². The number of benzene rings is 1. The molecule has 1 aromatic carbocycles. The summed E-state index contributed by atoms with van der Waals surface area (Å²) in [6.07, 6.45) is 0.910. The first-order valence-corrected chi connectivity index (χ1v) is 6.09. The molecule has 1 fully saturated rings. The van der Waals surface area contributed by atoms with Crippen LogP contribution in [0.15, 0.2) is 30.3 Å². The highest BCUT2D eigenvalue weighted by Gasteiger charge is 2.44. The summed E-state index contributed by atoms with van der Waals surface area (Å²) in [5.74, 6) is 0.365. The summed E-state index contributed by atoms with van der Waals surface area (Å²) in [7, 11) is 0. The highest BCUT2D eigenvalue weighted by atomic mass is 16.5. The van der Waals surface area contributed by atoms with Crippen LogP contribution >= 0.6 is 0 Å². The maximum absolute atomic E-state index is 11.4. The lowest BCUT2D eigenvalue weighted by Gasteiger charge is -2.04. The molecule has 0 spiro atoms. The fraction of sp³-hybridized carbons (Fsp3) is 0.500. The Balaban J connectivity index is 1.63. The Kier molecular flexibility index (Phi) is 4.15. The van der Waals surface area contributed by atoms with E-state index in [1.165, 1.54) is 5.56 Å². The van der Waals surface area contributed by atoms with Gasteiger partial charge in [-0.05, 0) is 24.8 Å². The molecule has 0 N–H and O–H groups in total. The maximum atomic E-state index is 11.4. The van der Waals surface area contributed by atoms with E-state index in [0.717, 1.165) is 6.42 Å². The number of carbonyl (C=O) groups excluding carboxylic acids is 1. The first-order chi connectivity index (χ1) is 8.31. The molecule has 17 heavy (non-hydrogen) atoms. The Labute approximate surface area is 102 Å². The Bertz CT molecular complexity index is 361. The van der Waals surface area contributed by atoms with Gasteiger partial charge in [0, 0.05) is 0 Å². The van der Waals surface area contributed by atoms with E-state index in [1.807, 2.05) is 37.3 Å². The third-order valence-corrected chi connectivity index (χ3v) is 2.96. The van der Waals surface area contributed by atoms with Gasteiger partial charge in [-0.15, -0.1) is 0 Å². The summed E-state index contributed by atoms with van der Waals surface area (Å²) in [6, 6.07) is 10.1. The first-order valence-electron chi connectivity index (χ1n) is 6.09. The zero-order valence-corrected chi connectivity index (χ0v) is 10.1. The summed E-state index contributed by atoms with van der Waals surface area (Å²) >= 11 is 0. The zero-order valence-electron chi connectivity index (χ0n) is 10.1. The third-order valence-electron chi connectivity index (χ3n) is 2.96. The Hall–Kier alpha value is -1.35. The van der Waals surface area contributed by atoms with Gasteiger partial charge in [0.15, 0.2) is 0 Å². The normalized spacial score (nSPS) is 22.2. The van der Waals surface area contributed by atoms with Gasteiger partial charge in [-0.1, -0.05) is 30.3 Å². The van der Waals surface area contributed by atoms with Gasteiger partial charge in [0.1, 0.15) is 0 Å². The van der Waals surface area contributed by atoms with E-state index in [1.54, 1.807) is 0 Å². The van der Waals surface area contributed by atoms with Gasteiger partial charge in [-0.25, -0.2) is 0 Å². The topological polar surface area (TPSA) is 35.5 Å². The molecule has 1 aliphatic carbocycles. The minimum atomic E-state index is -0.0687. The van der Waals surface area contributed by atoms with Crippen LogP contribution in [0, 0.1) is 11.8 Å². The van der Waals surface area contributed by atoms with E-state index >= 15 is 0 Å². The molecule has 0 aromatic heterocycles. The highest BCUT2D eigenvalue weighted by molar-refractivity contribution is 5.75. The molecule has 1 aromatic rings. The van der Waals surface area contributed by atoms with E-state index in [9.17, 15) is 4.79 Å². The van der Waals surface area contributed by atoms with Crippen molar-refractivity contribution in [1.82, 2.24) is 0 Å². The van der Waals surface area contributed by atoms with Crippen molar-refractivity contribution in [3.63, 3.8) is 0 Å². The van der Waals surface area contributed by atoms with Crippen LogP contribution in [0.3, 0.4) is 0 Å². The number of ether oxygens (including phenoxy) is 2. The van der Waals surface area contributed by atoms with E-state index in [2.05, 4.69) is 0 Å². The van der Waals surface area contributed by atoms with E-state index in [0.29, 0.717) is 25.7 Å². The van der Waals surface area contributed by atoms with Crippen molar-refractivity contribution in [3.05, 3.63) is 35.9 Å². The molecule has 3 nitrogen and oxygen atoms in total. The molecule has 0 amide bonds. The van der Waals surface area contributed by atoms with Crippen LogP contribution in [-0.4, -0.2) is 19.2 Å². The van der Waals surface area contributed by atoms with Crippen molar-refractivity contribution in [2.45, 2.75) is 20.0 Å². The average molecular weight is 234 g/mol. The standard InChI is InChI=1S/C14H18O3/c1-2-17-14(15)13-8-12(13)10-16-9-11-6-4-3-5-7-11/h3-7,12-13H,2,8-10H2,1H3/t12-,13-/m0/s1. The lowest BCUT2D eigenvalue weighted by atomic mass is 10.2. The Morgan fingerprint density at radius 2 is 2.12 bits per heavy atom. The van der Waals surface area contributed by atoms with E-state index in [4.69, 9.17) is 9.47 Å². The quantitative estimate of drug-likeness (QED) is 0.709. The van der Waals surface area contributed by atoms with Gasteiger partial charge in [0.05, 0.1) is 25.7 Å². The summed E-state index contributed by atoms with van der Waals surface area (Å²) < 4.78 is 10.6.